The highest BCUT2D eigenvalue weighted by molar-refractivity contribution is 6.00. The van der Waals surface area contributed by atoms with Crippen molar-refractivity contribution in [1.82, 2.24) is 10.3 Å². The molecule has 0 aliphatic heterocycles. The summed E-state index contributed by atoms with van der Waals surface area (Å²) in [6, 6.07) is 6.21. The number of carbonyl (C=O) groups is 1. The zero-order chi connectivity index (χ0) is 13.8. The van der Waals surface area contributed by atoms with E-state index in [0.717, 1.165) is 35.9 Å². The molecular weight excluding hydrogens is 236 g/mol. The van der Waals surface area contributed by atoms with Crippen molar-refractivity contribution in [3.8, 4) is 0 Å². The highest BCUT2D eigenvalue weighted by Crippen LogP contribution is 2.22. The Hall–Kier alpha value is -1.77. The number of rotatable bonds is 5. The molecule has 0 fully saturated rings. The van der Waals surface area contributed by atoms with Gasteiger partial charge in [0.1, 0.15) is 5.69 Å². The predicted octanol–water partition coefficient (Wildman–Crippen LogP) is 3.70. The zero-order valence-corrected chi connectivity index (χ0v) is 12.0. The molecule has 0 aliphatic rings. The quantitative estimate of drug-likeness (QED) is 0.789. The van der Waals surface area contributed by atoms with Crippen LogP contribution in [0.1, 0.15) is 47.8 Å². The van der Waals surface area contributed by atoms with E-state index in [1.54, 1.807) is 0 Å². The van der Waals surface area contributed by atoms with Crippen LogP contribution in [0.5, 0.6) is 0 Å². The summed E-state index contributed by atoms with van der Waals surface area (Å²) in [4.78, 5) is 15.4. The molecule has 2 aromatic rings. The van der Waals surface area contributed by atoms with Gasteiger partial charge in [-0.3, -0.25) is 4.79 Å². The number of aromatic amines is 1. The highest BCUT2D eigenvalue weighted by atomic mass is 16.1. The van der Waals surface area contributed by atoms with Gasteiger partial charge in [0.05, 0.1) is 0 Å². The van der Waals surface area contributed by atoms with Crippen molar-refractivity contribution < 1.29 is 4.79 Å². The summed E-state index contributed by atoms with van der Waals surface area (Å²) in [5.74, 6) is 0.00227. The average Bonchev–Trinajstić information content (AvgIpc) is 2.72. The molecule has 1 aromatic carbocycles. The van der Waals surface area contributed by atoms with E-state index in [4.69, 9.17) is 0 Å². The van der Waals surface area contributed by atoms with Gasteiger partial charge in [0.2, 0.25) is 0 Å². The number of H-pyrrole nitrogens is 1. The smallest absolute Gasteiger partial charge is 0.268 e. The molecule has 0 radical (unpaired) electrons. The molecule has 0 bridgehead atoms. The van der Waals surface area contributed by atoms with Crippen molar-refractivity contribution >= 4 is 16.8 Å². The van der Waals surface area contributed by atoms with Crippen LogP contribution in [0.4, 0.5) is 0 Å². The second kappa shape index (κ2) is 5.91. The maximum absolute atomic E-state index is 12.1. The van der Waals surface area contributed by atoms with Crippen molar-refractivity contribution in [1.29, 1.82) is 0 Å². The molecule has 3 heteroatoms. The Kier molecular flexibility index (Phi) is 4.25. The van der Waals surface area contributed by atoms with Crippen LogP contribution in [0, 0.1) is 13.8 Å². The Balaban J connectivity index is 2.16. The van der Waals surface area contributed by atoms with Gasteiger partial charge in [0.25, 0.3) is 5.91 Å². The second-order valence-corrected chi connectivity index (χ2v) is 5.14. The monoisotopic (exact) mass is 258 g/mol. The van der Waals surface area contributed by atoms with Crippen molar-refractivity contribution in [2.24, 2.45) is 0 Å². The number of fused-ring (bicyclic) bond motifs is 1. The van der Waals surface area contributed by atoms with E-state index in [-0.39, 0.29) is 5.91 Å². The SMILES string of the molecule is CCCCCNC(=O)c1[nH]c2ccc(C)cc2c1C. The highest BCUT2D eigenvalue weighted by Gasteiger charge is 2.14. The second-order valence-electron chi connectivity index (χ2n) is 5.14. The van der Waals surface area contributed by atoms with Gasteiger partial charge in [0.15, 0.2) is 0 Å². The fourth-order valence-corrected chi connectivity index (χ4v) is 2.33. The summed E-state index contributed by atoms with van der Waals surface area (Å²) in [6.45, 7) is 6.97. The van der Waals surface area contributed by atoms with Gasteiger partial charge in [0, 0.05) is 17.4 Å². The summed E-state index contributed by atoms with van der Waals surface area (Å²) in [7, 11) is 0. The van der Waals surface area contributed by atoms with Gasteiger partial charge in [-0.25, -0.2) is 0 Å². The van der Waals surface area contributed by atoms with Gasteiger partial charge < -0.3 is 10.3 Å². The first kappa shape index (κ1) is 13.7. The first-order valence-corrected chi connectivity index (χ1v) is 7.00. The van der Waals surface area contributed by atoms with E-state index in [2.05, 4.69) is 36.3 Å². The lowest BCUT2D eigenvalue weighted by Crippen LogP contribution is -2.25. The van der Waals surface area contributed by atoms with E-state index in [0.29, 0.717) is 5.69 Å². The lowest BCUT2D eigenvalue weighted by Gasteiger charge is -2.03. The summed E-state index contributed by atoms with van der Waals surface area (Å²) < 4.78 is 0. The fourth-order valence-electron chi connectivity index (χ4n) is 2.33. The zero-order valence-electron chi connectivity index (χ0n) is 12.0. The minimum absolute atomic E-state index is 0.00227. The van der Waals surface area contributed by atoms with E-state index >= 15 is 0 Å². The molecule has 1 aromatic heterocycles. The van der Waals surface area contributed by atoms with Crippen LogP contribution in [0.25, 0.3) is 10.9 Å². The van der Waals surface area contributed by atoms with Crippen LogP contribution in [-0.2, 0) is 0 Å². The largest absolute Gasteiger partial charge is 0.351 e. The third-order valence-corrected chi connectivity index (χ3v) is 3.51. The molecule has 0 aliphatic carbocycles. The van der Waals surface area contributed by atoms with Gasteiger partial charge in [-0.2, -0.15) is 0 Å². The molecule has 19 heavy (non-hydrogen) atoms. The number of aromatic nitrogens is 1. The van der Waals surface area contributed by atoms with Crippen molar-refractivity contribution in [3.63, 3.8) is 0 Å². The normalized spacial score (nSPS) is 10.9. The Morgan fingerprint density at radius 3 is 2.79 bits per heavy atom. The molecule has 0 saturated carbocycles. The maximum Gasteiger partial charge on any atom is 0.268 e. The standard InChI is InChI=1S/C16H22N2O/c1-4-5-6-9-17-16(19)15-12(3)13-10-11(2)7-8-14(13)18-15/h7-8,10,18H,4-6,9H2,1-3H3,(H,17,19). The molecule has 102 valence electrons. The van der Waals surface area contributed by atoms with Crippen molar-refractivity contribution in [2.45, 2.75) is 40.0 Å². The first-order chi connectivity index (χ1) is 9.13. The Bertz CT molecular complexity index is 584. The topological polar surface area (TPSA) is 44.9 Å². The van der Waals surface area contributed by atoms with E-state index in [9.17, 15) is 4.79 Å². The lowest BCUT2D eigenvalue weighted by molar-refractivity contribution is 0.0948. The number of unbranched alkanes of at least 4 members (excludes halogenated alkanes) is 2. The number of carbonyl (C=O) groups excluding carboxylic acids is 1. The van der Waals surface area contributed by atoms with Gasteiger partial charge in [-0.05, 0) is 38.0 Å². The lowest BCUT2D eigenvalue weighted by atomic mass is 10.1. The molecule has 3 nitrogen and oxygen atoms in total. The van der Waals surface area contributed by atoms with Gasteiger partial charge >= 0.3 is 0 Å². The number of benzene rings is 1. The molecule has 2 N–H and O–H groups in total. The predicted molar refractivity (Wildman–Crippen MR) is 79.6 cm³/mol. The number of hydrogen-bond acceptors (Lipinski definition) is 1. The first-order valence-electron chi connectivity index (χ1n) is 7.00. The number of nitrogens with one attached hydrogen (secondary N) is 2. The Morgan fingerprint density at radius 2 is 2.05 bits per heavy atom. The molecule has 1 amide bonds. The van der Waals surface area contributed by atoms with E-state index < -0.39 is 0 Å². The van der Waals surface area contributed by atoms with Crippen LogP contribution in [0.3, 0.4) is 0 Å². The molecule has 0 saturated heterocycles. The number of amides is 1. The van der Waals surface area contributed by atoms with Gasteiger partial charge in [-0.1, -0.05) is 31.4 Å². The van der Waals surface area contributed by atoms with Crippen LogP contribution in [0.2, 0.25) is 0 Å². The third kappa shape index (κ3) is 2.98. The number of hydrogen-bond donors (Lipinski definition) is 2. The molecular formula is C16H22N2O. The Morgan fingerprint density at radius 1 is 1.26 bits per heavy atom. The molecule has 2 rings (SSSR count). The minimum Gasteiger partial charge on any atom is -0.351 e. The minimum atomic E-state index is 0.00227. The summed E-state index contributed by atoms with van der Waals surface area (Å²) >= 11 is 0. The number of aryl methyl sites for hydroxylation is 2. The molecule has 1 heterocycles. The third-order valence-electron chi connectivity index (χ3n) is 3.51. The average molecular weight is 258 g/mol. The van der Waals surface area contributed by atoms with Crippen LogP contribution < -0.4 is 5.32 Å². The maximum atomic E-state index is 12.1. The summed E-state index contributed by atoms with van der Waals surface area (Å²) in [5, 5.41) is 4.12. The van der Waals surface area contributed by atoms with Gasteiger partial charge in [-0.15, -0.1) is 0 Å². The van der Waals surface area contributed by atoms with Crippen molar-refractivity contribution in [3.05, 3.63) is 35.0 Å². The summed E-state index contributed by atoms with van der Waals surface area (Å²) in [5.41, 5.74) is 3.97. The van der Waals surface area contributed by atoms with E-state index in [1.165, 1.54) is 12.0 Å². The molecule has 0 unspecified atom stereocenters. The van der Waals surface area contributed by atoms with Crippen molar-refractivity contribution in [2.75, 3.05) is 6.54 Å². The van der Waals surface area contributed by atoms with E-state index in [1.807, 2.05) is 13.0 Å². The fraction of sp³-hybridized carbons (Fsp3) is 0.438. The molecule has 0 atom stereocenters. The van der Waals surface area contributed by atoms with Crippen LogP contribution in [-0.4, -0.2) is 17.4 Å². The molecule has 0 spiro atoms. The van der Waals surface area contributed by atoms with Crippen LogP contribution in [0.15, 0.2) is 18.2 Å². The summed E-state index contributed by atoms with van der Waals surface area (Å²) in [6.07, 6.45) is 3.37. The van der Waals surface area contributed by atoms with Crippen LogP contribution >= 0.6 is 0 Å². The Labute approximate surface area is 114 Å².